The number of ether oxygens (including phenoxy) is 2. The van der Waals surface area contributed by atoms with Crippen molar-refractivity contribution in [2.45, 2.75) is 39.7 Å². The number of aliphatic carboxylic acids is 1. The first-order valence-electron chi connectivity index (χ1n) is 9.68. The molecular formula is C22H25N3O5. The van der Waals surface area contributed by atoms with E-state index < -0.39 is 23.1 Å². The molecule has 0 radical (unpaired) electrons. The van der Waals surface area contributed by atoms with Crippen LogP contribution in [0, 0.1) is 34.5 Å². The number of carboxylic acid groups (broad SMARTS) is 1. The number of esters is 1. The SMILES string of the molecule is CC(C)CCOC(=O)C1=C2C=CC=CN2C(C#N)=C(C(=O)O)C1(C#N)OCC(C)C. The minimum Gasteiger partial charge on any atom is -0.478 e. The van der Waals surface area contributed by atoms with E-state index in [4.69, 9.17) is 9.47 Å². The van der Waals surface area contributed by atoms with E-state index in [1.54, 1.807) is 12.2 Å². The summed E-state index contributed by atoms with van der Waals surface area (Å²) in [5, 5.41) is 29.8. The molecule has 0 fully saturated rings. The van der Waals surface area contributed by atoms with Gasteiger partial charge in [-0.2, -0.15) is 10.5 Å². The molecule has 8 nitrogen and oxygen atoms in total. The van der Waals surface area contributed by atoms with Gasteiger partial charge in [0.15, 0.2) is 0 Å². The zero-order valence-electron chi connectivity index (χ0n) is 17.5. The Balaban J connectivity index is 2.73. The summed E-state index contributed by atoms with van der Waals surface area (Å²) in [5.74, 6) is -2.14. The lowest BCUT2D eigenvalue weighted by molar-refractivity contribution is -0.142. The number of carbonyl (C=O) groups is 2. The maximum Gasteiger partial charge on any atom is 0.340 e. The van der Waals surface area contributed by atoms with Gasteiger partial charge in [-0.1, -0.05) is 33.8 Å². The number of carboxylic acids is 1. The third kappa shape index (κ3) is 4.29. The minimum absolute atomic E-state index is 0.00133. The molecule has 0 saturated carbocycles. The van der Waals surface area contributed by atoms with Crippen molar-refractivity contribution >= 4 is 11.9 Å². The van der Waals surface area contributed by atoms with Crippen LogP contribution in [-0.2, 0) is 19.1 Å². The van der Waals surface area contributed by atoms with Crippen molar-refractivity contribution in [3.05, 3.63) is 47.0 Å². The molecule has 1 unspecified atom stereocenters. The first-order chi connectivity index (χ1) is 14.2. The highest BCUT2D eigenvalue weighted by Gasteiger charge is 2.55. The topological polar surface area (TPSA) is 124 Å². The third-order valence-electron chi connectivity index (χ3n) is 4.54. The van der Waals surface area contributed by atoms with Crippen LogP contribution < -0.4 is 0 Å². The number of rotatable bonds is 8. The number of hydrogen-bond donors (Lipinski definition) is 1. The van der Waals surface area contributed by atoms with Gasteiger partial charge >= 0.3 is 11.9 Å². The van der Waals surface area contributed by atoms with Gasteiger partial charge in [0.1, 0.15) is 29.0 Å². The molecule has 2 aliphatic rings. The Labute approximate surface area is 176 Å². The number of carbonyl (C=O) groups excluding carboxylic acids is 1. The molecule has 1 N–H and O–H groups in total. The van der Waals surface area contributed by atoms with Gasteiger partial charge in [-0.25, -0.2) is 9.59 Å². The molecule has 0 aliphatic carbocycles. The lowest BCUT2D eigenvalue weighted by Crippen LogP contribution is -2.49. The number of nitriles is 2. The van der Waals surface area contributed by atoms with Crippen molar-refractivity contribution in [3.8, 4) is 12.1 Å². The summed E-state index contributed by atoms with van der Waals surface area (Å²) in [6.45, 7) is 7.71. The van der Waals surface area contributed by atoms with Crippen molar-refractivity contribution in [2.24, 2.45) is 11.8 Å². The number of hydrogen-bond acceptors (Lipinski definition) is 7. The van der Waals surface area contributed by atoms with Crippen LogP contribution in [0.4, 0.5) is 0 Å². The number of fused-ring (bicyclic) bond motifs is 1. The fourth-order valence-electron chi connectivity index (χ4n) is 3.08. The Hall–Kier alpha value is -3.36. The average molecular weight is 411 g/mol. The summed E-state index contributed by atoms with van der Waals surface area (Å²) in [5.41, 5.74) is -3.24. The summed E-state index contributed by atoms with van der Waals surface area (Å²) in [4.78, 5) is 26.6. The molecule has 0 aromatic rings. The van der Waals surface area contributed by atoms with Crippen LogP contribution in [0.15, 0.2) is 47.0 Å². The molecule has 0 saturated heterocycles. The molecule has 2 rings (SSSR count). The molecule has 158 valence electrons. The van der Waals surface area contributed by atoms with Crippen LogP contribution >= 0.6 is 0 Å². The van der Waals surface area contributed by atoms with Gasteiger partial charge in [-0.15, -0.1) is 0 Å². The summed E-state index contributed by atoms with van der Waals surface area (Å²) in [6.07, 6.45) is 6.81. The van der Waals surface area contributed by atoms with Crippen LogP contribution in [0.2, 0.25) is 0 Å². The van der Waals surface area contributed by atoms with E-state index in [0.717, 1.165) is 0 Å². The fourth-order valence-corrected chi connectivity index (χ4v) is 3.08. The van der Waals surface area contributed by atoms with Crippen LogP contribution in [0.1, 0.15) is 34.1 Å². The maximum atomic E-state index is 13.1. The van der Waals surface area contributed by atoms with Crippen molar-refractivity contribution < 1.29 is 24.2 Å². The zero-order chi connectivity index (χ0) is 22.5. The largest absolute Gasteiger partial charge is 0.478 e. The van der Waals surface area contributed by atoms with E-state index in [1.165, 1.54) is 17.2 Å². The van der Waals surface area contributed by atoms with E-state index in [9.17, 15) is 25.2 Å². The second kappa shape index (κ2) is 9.43. The number of nitrogens with zero attached hydrogens (tertiary/aromatic N) is 3. The Morgan fingerprint density at radius 2 is 1.87 bits per heavy atom. The first kappa shape index (κ1) is 22.9. The highest BCUT2D eigenvalue weighted by Crippen LogP contribution is 2.43. The minimum atomic E-state index is -2.28. The predicted molar refractivity (Wildman–Crippen MR) is 107 cm³/mol. The van der Waals surface area contributed by atoms with Gasteiger partial charge in [0.05, 0.1) is 18.9 Å². The quantitative estimate of drug-likeness (QED) is 0.605. The van der Waals surface area contributed by atoms with E-state index in [2.05, 4.69) is 0 Å². The maximum absolute atomic E-state index is 13.1. The Kier molecular flexibility index (Phi) is 7.20. The first-order valence-corrected chi connectivity index (χ1v) is 9.68. The van der Waals surface area contributed by atoms with Crippen molar-refractivity contribution in [3.63, 3.8) is 0 Å². The Morgan fingerprint density at radius 1 is 1.17 bits per heavy atom. The molecule has 0 aromatic heterocycles. The van der Waals surface area contributed by atoms with Gasteiger partial charge in [0.25, 0.3) is 0 Å². The third-order valence-corrected chi connectivity index (χ3v) is 4.54. The summed E-state index contributed by atoms with van der Waals surface area (Å²) < 4.78 is 11.2. The molecular weight excluding hydrogens is 386 g/mol. The molecule has 2 aliphatic heterocycles. The highest BCUT2D eigenvalue weighted by molar-refractivity contribution is 6.02. The molecule has 0 bridgehead atoms. The van der Waals surface area contributed by atoms with Crippen molar-refractivity contribution in [2.75, 3.05) is 13.2 Å². The molecule has 1 atom stereocenters. The van der Waals surface area contributed by atoms with Crippen molar-refractivity contribution in [1.82, 2.24) is 4.90 Å². The lowest BCUT2D eigenvalue weighted by Gasteiger charge is -2.39. The Bertz CT molecular complexity index is 927. The zero-order valence-corrected chi connectivity index (χ0v) is 17.5. The standard InChI is InChI=1S/C22H25N3O5/c1-14(2)8-10-29-21(28)19-16-7-5-6-9-25(16)17(11-23)18(20(26)27)22(19,13-24)30-12-15(3)4/h5-7,9,14-15H,8,10,12H2,1-4H3,(H,26,27). The van der Waals surface area contributed by atoms with Gasteiger partial charge < -0.3 is 19.5 Å². The smallest absolute Gasteiger partial charge is 0.340 e. The second-order valence-electron chi connectivity index (χ2n) is 7.79. The summed E-state index contributed by atoms with van der Waals surface area (Å²) in [7, 11) is 0. The predicted octanol–water partition coefficient (Wildman–Crippen LogP) is 3.03. The van der Waals surface area contributed by atoms with E-state index in [1.807, 2.05) is 39.8 Å². The average Bonchev–Trinajstić information content (AvgIpc) is 2.69. The molecule has 0 aromatic carbocycles. The van der Waals surface area contributed by atoms with Gasteiger partial charge in [0.2, 0.25) is 5.60 Å². The van der Waals surface area contributed by atoms with Gasteiger partial charge in [0, 0.05) is 6.20 Å². The van der Waals surface area contributed by atoms with Crippen LogP contribution in [0.5, 0.6) is 0 Å². The fraction of sp³-hybridized carbons (Fsp3) is 0.455. The monoisotopic (exact) mass is 411 g/mol. The molecule has 0 amide bonds. The molecule has 2 heterocycles. The molecule has 0 spiro atoms. The van der Waals surface area contributed by atoms with Crippen molar-refractivity contribution in [1.29, 1.82) is 10.5 Å². The van der Waals surface area contributed by atoms with E-state index in [0.29, 0.717) is 6.42 Å². The van der Waals surface area contributed by atoms with Gasteiger partial charge in [-0.3, -0.25) is 0 Å². The lowest BCUT2D eigenvalue weighted by atomic mass is 9.80. The van der Waals surface area contributed by atoms with Crippen LogP contribution in [0.3, 0.4) is 0 Å². The van der Waals surface area contributed by atoms with Crippen LogP contribution in [0.25, 0.3) is 0 Å². The van der Waals surface area contributed by atoms with Gasteiger partial charge in [-0.05, 0) is 30.4 Å². The van der Waals surface area contributed by atoms with Crippen LogP contribution in [-0.4, -0.2) is 40.8 Å². The van der Waals surface area contributed by atoms with E-state index >= 15 is 0 Å². The number of allylic oxidation sites excluding steroid dienone is 4. The highest BCUT2D eigenvalue weighted by atomic mass is 16.5. The molecule has 30 heavy (non-hydrogen) atoms. The Morgan fingerprint density at radius 3 is 2.40 bits per heavy atom. The summed E-state index contributed by atoms with van der Waals surface area (Å²) >= 11 is 0. The van der Waals surface area contributed by atoms with E-state index in [-0.39, 0.29) is 42.0 Å². The summed E-state index contributed by atoms with van der Waals surface area (Å²) in [6, 6.07) is 3.73. The molecule has 8 heteroatoms. The second-order valence-corrected chi connectivity index (χ2v) is 7.79. The normalized spacial score (nSPS) is 20.3.